The van der Waals surface area contributed by atoms with E-state index in [-0.39, 0.29) is 10.6 Å². The fourth-order valence-corrected chi connectivity index (χ4v) is 3.27. The quantitative estimate of drug-likeness (QED) is 0.843. The van der Waals surface area contributed by atoms with Crippen molar-refractivity contribution >= 4 is 21.9 Å². The second-order valence-corrected chi connectivity index (χ2v) is 8.16. The Balaban J connectivity index is 2.42. The van der Waals surface area contributed by atoms with Gasteiger partial charge < -0.3 is 4.74 Å². The van der Waals surface area contributed by atoms with Crippen molar-refractivity contribution in [1.29, 1.82) is 0 Å². The van der Waals surface area contributed by atoms with Crippen LogP contribution in [-0.2, 0) is 15.4 Å². The zero-order valence-electron chi connectivity index (χ0n) is 14.6. The van der Waals surface area contributed by atoms with Gasteiger partial charge in [-0.2, -0.15) is 0 Å². The lowest BCUT2D eigenvalue weighted by molar-refractivity contribution is 0.386. The van der Waals surface area contributed by atoms with E-state index in [9.17, 15) is 12.8 Å². The molecule has 0 aliphatic rings. The van der Waals surface area contributed by atoms with Crippen molar-refractivity contribution in [1.82, 2.24) is 0 Å². The van der Waals surface area contributed by atoms with Crippen molar-refractivity contribution in [3.63, 3.8) is 0 Å². The van der Waals surface area contributed by atoms with Crippen LogP contribution in [0, 0.1) is 5.82 Å². The Labute approximate surface area is 147 Å². The number of halogens is 1. The van der Waals surface area contributed by atoms with E-state index in [0.29, 0.717) is 16.8 Å². The molecule has 2 aromatic carbocycles. The van der Waals surface area contributed by atoms with Gasteiger partial charge in [0.2, 0.25) is 10.0 Å². The molecule has 0 heterocycles. The highest BCUT2D eigenvalue weighted by molar-refractivity contribution is 7.89. The van der Waals surface area contributed by atoms with Crippen molar-refractivity contribution in [3.05, 3.63) is 53.3 Å². The van der Waals surface area contributed by atoms with Crippen molar-refractivity contribution < 1.29 is 17.5 Å². The zero-order valence-corrected chi connectivity index (χ0v) is 15.4. The first-order chi connectivity index (χ1) is 11.5. The number of nitrogens with zero attached hydrogens (tertiary/aromatic N) is 1. The van der Waals surface area contributed by atoms with E-state index >= 15 is 0 Å². The number of rotatable bonds is 4. The number of benzene rings is 2. The summed E-state index contributed by atoms with van der Waals surface area (Å²) >= 11 is 0. The van der Waals surface area contributed by atoms with Gasteiger partial charge in [0.25, 0.3) is 0 Å². The van der Waals surface area contributed by atoms with Gasteiger partial charge in [-0.1, -0.05) is 20.8 Å². The molecule has 0 aliphatic carbocycles. The van der Waals surface area contributed by atoms with Crippen LogP contribution in [0.2, 0.25) is 0 Å². The highest BCUT2D eigenvalue weighted by Crippen LogP contribution is 2.31. The number of hydrogen-bond acceptors (Lipinski definition) is 4. The predicted octanol–water partition coefficient (Wildman–Crippen LogP) is 3.53. The minimum Gasteiger partial charge on any atom is -0.494 e. The number of nitrogens with two attached hydrogens (primary N) is 1. The predicted molar refractivity (Wildman–Crippen MR) is 96.7 cm³/mol. The van der Waals surface area contributed by atoms with Crippen LogP contribution in [-0.4, -0.2) is 21.7 Å². The number of ether oxygens (including phenoxy) is 1. The standard InChI is InChI=1S/C18H21FN2O3S/c1-18(2,3)14-10-13(6-8-17(14)25(20,22)23)21-11-12-5-7-16(24-4)15(19)9-12/h5-11H,1-4H3,(H2,20,22,23)/b21-11+. The topological polar surface area (TPSA) is 81.8 Å². The summed E-state index contributed by atoms with van der Waals surface area (Å²) in [6.45, 7) is 5.68. The molecular weight excluding hydrogens is 343 g/mol. The summed E-state index contributed by atoms with van der Waals surface area (Å²) in [7, 11) is -2.43. The number of sulfonamides is 1. The Morgan fingerprint density at radius 1 is 1.16 bits per heavy atom. The van der Waals surface area contributed by atoms with Gasteiger partial charge in [0, 0.05) is 6.21 Å². The van der Waals surface area contributed by atoms with Crippen molar-refractivity contribution in [2.24, 2.45) is 10.1 Å². The number of aliphatic imine (C=N–C) groups is 1. The molecule has 2 aromatic rings. The van der Waals surface area contributed by atoms with Crippen molar-refractivity contribution in [2.45, 2.75) is 31.1 Å². The molecule has 0 radical (unpaired) electrons. The van der Waals surface area contributed by atoms with Gasteiger partial charge in [0.05, 0.1) is 17.7 Å². The van der Waals surface area contributed by atoms with Crippen LogP contribution in [0.25, 0.3) is 0 Å². The van der Waals surface area contributed by atoms with Crippen LogP contribution >= 0.6 is 0 Å². The van der Waals surface area contributed by atoms with Gasteiger partial charge in [-0.15, -0.1) is 0 Å². The summed E-state index contributed by atoms with van der Waals surface area (Å²) in [6, 6.07) is 9.18. The summed E-state index contributed by atoms with van der Waals surface area (Å²) < 4.78 is 42.1. The minimum absolute atomic E-state index is 0.0782. The van der Waals surface area contributed by atoms with Crippen molar-refractivity contribution in [2.75, 3.05) is 7.11 Å². The lowest BCUT2D eigenvalue weighted by Crippen LogP contribution is -2.21. The fourth-order valence-electron chi connectivity index (χ4n) is 2.34. The minimum atomic E-state index is -3.83. The molecule has 0 saturated carbocycles. The molecule has 25 heavy (non-hydrogen) atoms. The maximum atomic E-state index is 13.7. The van der Waals surface area contributed by atoms with Crippen LogP contribution in [0.15, 0.2) is 46.3 Å². The van der Waals surface area contributed by atoms with E-state index in [0.717, 1.165) is 0 Å². The summed E-state index contributed by atoms with van der Waals surface area (Å²) in [5, 5.41) is 5.29. The van der Waals surface area contributed by atoms with Gasteiger partial charge in [-0.05, 0) is 52.9 Å². The Morgan fingerprint density at radius 3 is 2.36 bits per heavy atom. The van der Waals surface area contributed by atoms with Gasteiger partial charge in [0.1, 0.15) is 0 Å². The van der Waals surface area contributed by atoms with Crippen LogP contribution in [0.3, 0.4) is 0 Å². The largest absolute Gasteiger partial charge is 0.494 e. The molecule has 0 spiro atoms. The van der Waals surface area contributed by atoms with E-state index in [1.54, 1.807) is 18.2 Å². The number of methoxy groups -OCH3 is 1. The zero-order chi connectivity index (χ0) is 18.8. The Hall–Kier alpha value is -2.25. The second-order valence-electron chi connectivity index (χ2n) is 6.63. The van der Waals surface area contributed by atoms with E-state index < -0.39 is 21.3 Å². The van der Waals surface area contributed by atoms with Crippen LogP contribution in [0.5, 0.6) is 5.75 Å². The Kier molecular flexibility index (Phi) is 5.29. The van der Waals surface area contributed by atoms with Crippen LogP contribution in [0.1, 0.15) is 31.9 Å². The smallest absolute Gasteiger partial charge is 0.238 e. The lowest BCUT2D eigenvalue weighted by Gasteiger charge is -2.22. The second kappa shape index (κ2) is 6.93. The molecule has 0 fully saturated rings. The molecule has 0 amide bonds. The molecule has 0 aliphatic heterocycles. The van der Waals surface area contributed by atoms with Gasteiger partial charge >= 0.3 is 0 Å². The molecule has 134 valence electrons. The number of primary sulfonamides is 1. The maximum Gasteiger partial charge on any atom is 0.238 e. The lowest BCUT2D eigenvalue weighted by atomic mass is 9.87. The molecule has 5 nitrogen and oxygen atoms in total. The molecule has 0 unspecified atom stereocenters. The first-order valence-electron chi connectivity index (χ1n) is 7.57. The SMILES string of the molecule is COc1ccc(/C=N/c2ccc(S(N)(=O)=O)c(C(C)(C)C)c2)cc1F. The van der Waals surface area contributed by atoms with Gasteiger partial charge in [-0.25, -0.2) is 17.9 Å². The van der Waals surface area contributed by atoms with Crippen LogP contribution < -0.4 is 9.88 Å². The molecule has 0 bridgehead atoms. The van der Waals surface area contributed by atoms with Crippen LogP contribution in [0.4, 0.5) is 10.1 Å². The average Bonchev–Trinajstić information content (AvgIpc) is 2.51. The molecular formula is C18H21FN2O3S. The highest BCUT2D eigenvalue weighted by atomic mass is 32.2. The first-order valence-corrected chi connectivity index (χ1v) is 9.12. The normalized spacial score (nSPS) is 12.6. The molecule has 0 atom stereocenters. The Bertz CT molecular complexity index is 916. The average molecular weight is 364 g/mol. The third-order valence-corrected chi connectivity index (χ3v) is 4.59. The first kappa shape index (κ1) is 19.1. The van der Waals surface area contributed by atoms with Gasteiger partial charge in [0.15, 0.2) is 11.6 Å². The highest BCUT2D eigenvalue weighted by Gasteiger charge is 2.23. The molecule has 0 saturated heterocycles. The summed E-state index contributed by atoms with van der Waals surface area (Å²) in [5.74, 6) is -0.323. The molecule has 2 rings (SSSR count). The summed E-state index contributed by atoms with van der Waals surface area (Å²) in [6.07, 6.45) is 1.50. The van der Waals surface area contributed by atoms with E-state index in [4.69, 9.17) is 9.88 Å². The molecule has 2 N–H and O–H groups in total. The van der Waals surface area contributed by atoms with E-state index in [2.05, 4.69) is 4.99 Å². The monoisotopic (exact) mass is 364 g/mol. The van der Waals surface area contributed by atoms with Gasteiger partial charge in [-0.3, -0.25) is 4.99 Å². The molecule has 7 heteroatoms. The number of hydrogen-bond donors (Lipinski definition) is 1. The summed E-state index contributed by atoms with van der Waals surface area (Å²) in [4.78, 5) is 4.38. The Morgan fingerprint density at radius 2 is 1.84 bits per heavy atom. The maximum absolute atomic E-state index is 13.7. The van der Waals surface area contributed by atoms with E-state index in [1.165, 1.54) is 31.5 Å². The fraction of sp³-hybridized carbons (Fsp3) is 0.278. The van der Waals surface area contributed by atoms with E-state index in [1.807, 2.05) is 20.8 Å². The summed E-state index contributed by atoms with van der Waals surface area (Å²) in [5.41, 5.74) is 1.25. The molecule has 0 aromatic heterocycles. The third-order valence-electron chi connectivity index (χ3n) is 3.62. The van der Waals surface area contributed by atoms with Crippen molar-refractivity contribution in [3.8, 4) is 5.75 Å². The third kappa shape index (κ3) is 4.64.